The number of pyridine rings is 1. The first-order chi connectivity index (χ1) is 17.5. The number of benzene rings is 1. The Balaban J connectivity index is 1.69. The van der Waals surface area contributed by atoms with E-state index in [1.165, 1.54) is 34.1 Å². The number of amides is 1. The molecule has 0 N–H and O–H groups in total. The Bertz CT molecular complexity index is 1500. The first kappa shape index (κ1) is 24.1. The van der Waals surface area contributed by atoms with Crippen molar-refractivity contribution < 1.29 is 18.3 Å². The summed E-state index contributed by atoms with van der Waals surface area (Å²) in [5.41, 5.74) is -0.745. The molecule has 4 heterocycles. The highest BCUT2D eigenvalue weighted by Crippen LogP contribution is 2.28. The van der Waals surface area contributed by atoms with Gasteiger partial charge in [0.2, 0.25) is 6.41 Å². The van der Waals surface area contributed by atoms with Gasteiger partial charge in [0.1, 0.15) is 30.1 Å². The minimum absolute atomic E-state index is 0.0190. The Labute approximate surface area is 208 Å². The number of alkyl halides is 2. The van der Waals surface area contributed by atoms with E-state index in [0.29, 0.717) is 18.5 Å². The molecular formula is C25H24F2N4O4S. The first-order valence-electron chi connectivity index (χ1n) is 11.7. The smallest absolute Gasteiger partial charge is 0.333 e. The monoisotopic (exact) mass is 514 g/mol. The van der Waals surface area contributed by atoms with Gasteiger partial charge in [0.15, 0.2) is 6.10 Å². The van der Waals surface area contributed by atoms with E-state index >= 15 is 0 Å². The second kappa shape index (κ2) is 10.2. The van der Waals surface area contributed by atoms with E-state index in [-0.39, 0.29) is 17.7 Å². The van der Waals surface area contributed by atoms with Gasteiger partial charge in [-0.3, -0.25) is 18.7 Å². The van der Waals surface area contributed by atoms with Crippen LogP contribution in [0.3, 0.4) is 0 Å². The number of hydrogen-bond donors (Lipinski definition) is 0. The number of rotatable bonds is 8. The quantitative estimate of drug-likeness (QED) is 0.335. The van der Waals surface area contributed by atoms with E-state index in [1.807, 2.05) is 18.2 Å². The normalized spacial score (nSPS) is 16.2. The number of carbonyl (C=O) groups excluding carboxylic acids is 1. The third-order valence-corrected chi connectivity index (χ3v) is 7.43. The lowest BCUT2D eigenvalue weighted by Crippen LogP contribution is -2.46. The maximum atomic E-state index is 13.8. The van der Waals surface area contributed by atoms with Crippen molar-refractivity contribution >= 4 is 38.9 Å². The summed E-state index contributed by atoms with van der Waals surface area (Å²) in [5, 5.41) is 1.07. The van der Waals surface area contributed by atoms with Gasteiger partial charge in [-0.25, -0.2) is 18.6 Å². The molecule has 1 atom stereocenters. The molecular weight excluding hydrogens is 490 g/mol. The molecule has 4 aromatic rings. The Morgan fingerprint density at radius 3 is 2.75 bits per heavy atom. The summed E-state index contributed by atoms with van der Waals surface area (Å²) in [4.78, 5) is 46.6. The standard InChI is InChI=1S/C25H24F2N4O4S/c26-12-18(13-27)35-17-6-7-21-20(11-17)24(33)30(14-19-10-16-4-3-8-28-23(16)36-19)25(34)31(21)22-5-1-2-9-29(22)15-32/h3-4,6-8,10-11,15,18,22H,1-2,5,9,12-14H2. The lowest BCUT2D eigenvalue weighted by Gasteiger charge is -2.34. The van der Waals surface area contributed by atoms with Gasteiger partial charge in [-0.1, -0.05) is 6.07 Å². The summed E-state index contributed by atoms with van der Waals surface area (Å²) in [7, 11) is 0. The number of nitrogens with zero attached hydrogens (tertiary/aromatic N) is 4. The van der Waals surface area contributed by atoms with Crippen molar-refractivity contribution in [2.75, 3.05) is 19.9 Å². The lowest BCUT2D eigenvalue weighted by atomic mass is 10.1. The molecule has 8 nitrogen and oxygen atoms in total. The van der Waals surface area contributed by atoms with E-state index in [4.69, 9.17) is 4.74 Å². The van der Waals surface area contributed by atoms with Gasteiger partial charge >= 0.3 is 5.69 Å². The number of hydrogen-bond acceptors (Lipinski definition) is 6. The SMILES string of the molecule is O=CN1CCCCC1n1c(=O)n(Cc2cc3cccnc3s2)c(=O)c2cc(OC(CF)CF)ccc21. The molecule has 5 rings (SSSR count). The fourth-order valence-corrected chi connectivity index (χ4v) is 5.64. The first-order valence-corrected chi connectivity index (χ1v) is 12.5. The van der Waals surface area contributed by atoms with Gasteiger partial charge in [0.25, 0.3) is 5.56 Å². The highest BCUT2D eigenvalue weighted by molar-refractivity contribution is 7.18. The Morgan fingerprint density at radius 2 is 2.00 bits per heavy atom. The van der Waals surface area contributed by atoms with Crippen molar-refractivity contribution in [1.82, 2.24) is 19.0 Å². The third-order valence-electron chi connectivity index (χ3n) is 6.39. The molecule has 188 valence electrons. The van der Waals surface area contributed by atoms with Crippen LogP contribution < -0.4 is 16.0 Å². The van der Waals surface area contributed by atoms with E-state index < -0.39 is 36.9 Å². The molecule has 0 radical (unpaired) electrons. The third kappa shape index (κ3) is 4.39. The van der Waals surface area contributed by atoms with Crippen LogP contribution in [0.25, 0.3) is 21.1 Å². The van der Waals surface area contributed by atoms with Crippen LogP contribution in [0, 0.1) is 0 Å². The van der Waals surface area contributed by atoms with Crippen molar-refractivity contribution in [3.63, 3.8) is 0 Å². The zero-order valence-corrected chi connectivity index (χ0v) is 20.1. The van der Waals surface area contributed by atoms with Crippen molar-refractivity contribution in [3.05, 3.63) is 68.3 Å². The minimum atomic E-state index is -1.29. The Morgan fingerprint density at radius 1 is 1.17 bits per heavy atom. The lowest BCUT2D eigenvalue weighted by molar-refractivity contribution is -0.123. The summed E-state index contributed by atoms with van der Waals surface area (Å²) in [6.07, 6.45) is 2.76. The van der Waals surface area contributed by atoms with Crippen LogP contribution in [0.15, 0.2) is 52.2 Å². The highest BCUT2D eigenvalue weighted by Gasteiger charge is 2.27. The summed E-state index contributed by atoms with van der Waals surface area (Å²) >= 11 is 1.39. The van der Waals surface area contributed by atoms with E-state index in [0.717, 1.165) is 38.9 Å². The van der Waals surface area contributed by atoms with Gasteiger partial charge < -0.3 is 9.64 Å². The molecule has 0 aliphatic carbocycles. The van der Waals surface area contributed by atoms with E-state index in [2.05, 4.69) is 4.98 Å². The molecule has 1 saturated heterocycles. The second-order valence-electron chi connectivity index (χ2n) is 8.70. The fraction of sp³-hybridized carbons (Fsp3) is 0.360. The molecule has 1 aromatic carbocycles. The van der Waals surface area contributed by atoms with Crippen LogP contribution in [0.2, 0.25) is 0 Å². The maximum absolute atomic E-state index is 13.8. The number of piperidine rings is 1. The molecule has 1 aliphatic heterocycles. The molecule has 1 unspecified atom stereocenters. The number of ether oxygens (including phenoxy) is 1. The van der Waals surface area contributed by atoms with Crippen LogP contribution in [0.4, 0.5) is 8.78 Å². The van der Waals surface area contributed by atoms with Crippen LogP contribution >= 0.6 is 11.3 Å². The molecule has 1 amide bonds. The van der Waals surface area contributed by atoms with Crippen LogP contribution in [-0.2, 0) is 11.3 Å². The van der Waals surface area contributed by atoms with Crippen molar-refractivity contribution in [2.24, 2.45) is 0 Å². The largest absolute Gasteiger partial charge is 0.485 e. The Kier molecular flexibility index (Phi) is 6.82. The zero-order valence-electron chi connectivity index (χ0n) is 19.3. The molecule has 36 heavy (non-hydrogen) atoms. The molecule has 1 fully saturated rings. The van der Waals surface area contributed by atoms with Gasteiger partial charge in [-0.2, -0.15) is 0 Å². The van der Waals surface area contributed by atoms with Crippen LogP contribution in [0.1, 0.15) is 30.3 Å². The van der Waals surface area contributed by atoms with E-state index in [9.17, 15) is 23.2 Å². The predicted molar refractivity (Wildman–Crippen MR) is 133 cm³/mol. The van der Waals surface area contributed by atoms with Crippen LogP contribution in [0.5, 0.6) is 5.75 Å². The van der Waals surface area contributed by atoms with Crippen molar-refractivity contribution in [3.8, 4) is 5.75 Å². The number of likely N-dealkylation sites (tertiary alicyclic amines) is 1. The average Bonchev–Trinajstić information content (AvgIpc) is 3.33. The number of carbonyl (C=O) groups is 1. The number of thiophene rings is 1. The summed E-state index contributed by atoms with van der Waals surface area (Å²) in [6, 6.07) is 10.0. The minimum Gasteiger partial charge on any atom is -0.485 e. The molecule has 3 aromatic heterocycles. The summed E-state index contributed by atoms with van der Waals surface area (Å²) in [6.45, 7) is -1.52. The van der Waals surface area contributed by atoms with Gasteiger partial charge in [-0.05, 0) is 49.6 Å². The highest BCUT2D eigenvalue weighted by atomic mass is 32.1. The maximum Gasteiger partial charge on any atom is 0.333 e. The van der Waals surface area contributed by atoms with Crippen molar-refractivity contribution in [2.45, 2.75) is 38.1 Å². The second-order valence-corrected chi connectivity index (χ2v) is 9.82. The van der Waals surface area contributed by atoms with Gasteiger partial charge in [0, 0.05) is 23.0 Å². The van der Waals surface area contributed by atoms with Gasteiger partial charge in [0.05, 0.1) is 17.4 Å². The van der Waals surface area contributed by atoms with Crippen molar-refractivity contribution in [1.29, 1.82) is 0 Å². The summed E-state index contributed by atoms with van der Waals surface area (Å²) in [5.74, 6) is 0.124. The average molecular weight is 515 g/mol. The van der Waals surface area contributed by atoms with Crippen LogP contribution in [-0.4, -0.2) is 51.4 Å². The van der Waals surface area contributed by atoms with E-state index in [1.54, 1.807) is 11.1 Å². The Hall–Kier alpha value is -3.60. The molecule has 1 aliphatic rings. The fourth-order valence-electron chi connectivity index (χ4n) is 4.66. The molecule has 0 bridgehead atoms. The number of fused-ring (bicyclic) bond motifs is 2. The predicted octanol–water partition coefficient (Wildman–Crippen LogP) is 3.65. The number of halogens is 2. The zero-order chi connectivity index (χ0) is 25.2. The number of aromatic nitrogens is 3. The molecule has 0 saturated carbocycles. The summed E-state index contributed by atoms with van der Waals surface area (Å²) < 4.78 is 34.1. The molecule has 0 spiro atoms. The molecule has 11 heteroatoms. The van der Waals surface area contributed by atoms with Gasteiger partial charge in [-0.15, -0.1) is 11.3 Å². The topological polar surface area (TPSA) is 86.4 Å².